The van der Waals surface area contributed by atoms with E-state index in [1.165, 1.54) is 0 Å². The number of benzene rings is 1. The van der Waals surface area contributed by atoms with Gasteiger partial charge in [0.25, 0.3) is 0 Å². The first-order chi connectivity index (χ1) is 10.2. The zero-order chi connectivity index (χ0) is 17.0. The van der Waals surface area contributed by atoms with Gasteiger partial charge in [-0.15, -0.1) is 0 Å². The smallest absolute Gasteiger partial charge is 0.341 e. The number of hydrogen-bond acceptors (Lipinski definition) is 4. The summed E-state index contributed by atoms with van der Waals surface area (Å²) in [5, 5.41) is 30.6. The zero-order valence-corrected chi connectivity index (χ0v) is 10.7. The van der Waals surface area contributed by atoms with Crippen molar-refractivity contribution in [1.29, 1.82) is 0 Å². The monoisotopic (exact) mass is 323 g/mol. The highest BCUT2D eigenvalue weighted by molar-refractivity contribution is 5.88. The van der Waals surface area contributed by atoms with Gasteiger partial charge in [-0.05, 0) is 12.0 Å². The third-order valence-corrected chi connectivity index (χ3v) is 2.76. The van der Waals surface area contributed by atoms with Gasteiger partial charge in [0.2, 0.25) is 0 Å². The van der Waals surface area contributed by atoms with Crippen molar-refractivity contribution in [3.63, 3.8) is 0 Å². The molecule has 11 heteroatoms. The Hall–Kier alpha value is -2.36. The van der Waals surface area contributed by atoms with Gasteiger partial charge in [0.15, 0.2) is 23.3 Å². The molecular formula is C11H9F4N3O4. The number of halogens is 4. The SMILES string of the molecule is [N-]=[N+]=NCCC(O)C(O)c1c(F)c(F)c(C(=O)O)c(F)c1F. The molecule has 1 aromatic rings. The molecule has 0 aliphatic rings. The van der Waals surface area contributed by atoms with Gasteiger partial charge in [0.05, 0.1) is 11.7 Å². The van der Waals surface area contributed by atoms with Gasteiger partial charge in [-0.25, -0.2) is 22.4 Å². The van der Waals surface area contributed by atoms with Crippen molar-refractivity contribution in [2.24, 2.45) is 5.11 Å². The van der Waals surface area contributed by atoms with Crippen LogP contribution in [0.3, 0.4) is 0 Å². The zero-order valence-electron chi connectivity index (χ0n) is 10.7. The molecule has 7 nitrogen and oxygen atoms in total. The molecule has 0 fully saturated rings. The molecule has 0 saturated carbocycles. The first-order valence-electron chi connectivity index (χ1n) is 5.70. The number of azide groups is 1. The minimum atomic E-state index is -2.39. The van der Waals surface area contributed by atoms with Crippen LogP contribution >= 0.6 is 0 Å². The van der Waals surface area contributed by atoms with Crippen LogP contribution in [0, 0.1) is 23.3 Å². The summed E-state index contributed by atoms with van der Waals surface area (Å²) in [5.74, 6) is -10.9. The number of carbonyl (C=O) groups is 1. The maximum absolute atomic E-state index is 13.7. The second-order valence-corrected chi connectivity index (χ2v) is 4.11. The molecule has 0 spiro atoms. The van der Waals surface area contributed by atoms with Gasteiger partial charge < -0.3 is 15.3 Å². The summed E-state index contributed by atoms with van der Waals surface area (Å²) >= 11 is 0. The van der Waals surface area contributed by atoms with Crippen molar-refractivity contribution >= 4 is 5.97 Å². The van der Waals surface area contributed by atoms with E-state index in [0.29, 0.717) is 0 Å². The van der Waals surface area contributed by atoms with E-state index < -0.39 is 59.0 Å². The second kappa shape index (κ2) is 7.07. The number of nitrogens with zero attached hydrogens (tertiary/aromatic N) is 3. The standard InChI is InChI=1S/C11H9F4N3O4/c12-6-4(10(20)3(19)1-2-17-18-16)7(13)9(15)5(8(6)14)11(21)22/h3,10,19-20H,1-2H2,(H,21,22). The van der Waals surface area contributed by atoms with Crippen molar-refractivity contribution in [2.75, 3.05) is 6.54 Å². The lowest BCUT2D eigenvalue weighted by atomic mass is 9.98. The largest absolute Gasteiger partial charge is 0.477 e. The fourth-order valence-electron chi connectivity index (χ4n) is 1.68. The summed E-state index contributed by atoms with van der Waals surface area (Å²) in [4.78, 5) is 12.9. The number of rotatable bonds is 6. The predicted octanol–water partition coefficient (Wildman–Crippen LogP) is 2.04. The lowest BCUT2D eigenvalue weighted by molar-refractivity contribution is 0.00985. The Morgan fingerprint density at radius 1 is 1.14 bits per heavy atom. The van der Waals surface area contributed by atoms with Crippen LogP contribution in [-0.2, 0) is 0 Å². The third-order valence-electron chi connectivity index (χ3n) is 2.76. The molecule has 0 heterocycles. The predicted molar refractivity (Wildman–Crippen MR) is 62.8 cm³/mol. The Bertz CT molecular complexity index is 620. The normalized spacial score (nSPS) is 13.4. The summed E-state index contributed by atoms with van der Waals surface area (Å²) in [5.41, 5.74) is 4.62. The number of carboxylic acids is 1. The number of aliphatic hydroxyl groups is 2. The Morgan fingerprint density at radius 2 is 1.64 bits per heavy atom. The van der Waals surface area contributed by atoms with Gasteiger partial charge >= 0.3 is 5.97 Å². The van der Waals surface area contributed by atoms with E-state index in [9.17, 15) is 32.6 Å². The van der Waals surface area contributed by atoms with Crippen LogP contribution in [0.5, 0.6) is 0 Å². The maximum Gasteiger partial charge on any atom is 0.341 e. The van der Waals surface area contributed by atoms with Crippen LogP contribution in [0.1, 0.15) is 28.4 Å². The van der Waals surface area contributed by atoms with Gasteiger partial charge in [0.1, 0.15) is 11.7 Å². The van der Waals surface area contributed by atoms with Crippen molar-refractivity contribution < 1.29 is 37.7 Å². The van der Waals surface area contributed by atoms with E-state index >= 15 is 0 Å². The quantitative estimate of drug-likeness (QED) is 0.243. The average molecular weight is 323 g/mol. The highest BCUT2D eigenvalue weighted by atomic mass is 19.2. The molecular weight excluding hydrogens is 314 g/mol. The molecule has 0 aromatic heterocycles. The van der Waals surface area contributed by atoms with Crippen LogP contribution in [0.2, 0.25) is 0 Å². The molecule has 120 valence electrons. The first kappa shape index (κ1) is 17.7. The highest BCUT2D eigenvalue weighted by Gasteiger charge is 2.34. The minimum absolute atomic E-state index is 0.351. The van der Waals surface area contributed by atoms with E-state index in [1.54, 1.807) is 0 Å². The molecule has 2 atom stereocenters. The second-order valence-electron chi connectivity index (χ2n) is 4.11. The lowest BCUT2D eigenvalue weighted by Crippen LogP contribution is -2.24. The third kappa shape index (κ3) is 3.27. The Morgan fingerprint density at radius 3 is 2.05 bits per heavy atom. The maximum atomic E-state index is 13.7. The summed E-state index contributed by atoms with van der Waals surface area (Å²) in [6, 6.07) is 0. The van der Waals surface area contributed by atoms with Crippen molar-refractivity contribution in [2.45, 2.75) is 18.6 Å². The van der Waals surface area contributed by atoms with Crippen molar-refractivity contribution in [1.82, 2.24) is 0 Å². The van der Waals surface area contributed by atoms with Crippen LogP contribution < -0.4 is 0 Å². The summed E-state index contributed by atoms with van der Waals surface area (Å²) < 4.78 is 54.3. The molecule has 1 aromatic carbocycles. The topological polar surface area (TPSA) is 127 Å². The van der Waals surface area contributed by atoms with Gasteiger partial charge in [-0.2, -0.15) is 0 Å². The first-order valence-corrected chi connectivity index (χ1v) is 5.70. The molecule has 1 rings (SSSR count). The van der Waals surface area contributed by atoms with Gasteiger partial charge in [-0.3, -0.25) is 0 Å². The molecule has 2 unspecified atom stereocenters. The Balaban J connectivity index is 3.30. The van der Waals surface area contributed by atoms with Crippen LogP contribution in [0.15, 0.2) is 5.11 Å². The van der Waals surface area contributed by atoms with Gasteiger partial charge in [-0.1, -0.05) is 5.11 Å². The minimum Gasteiger partial charge on any atom is -0.477 e. The summed E-state index contributed by atoms with van der Waals surface area (Å²) in [6.45, 7) is -0.351. The highest BCUT2D eigenvalue weighted by Crippen LogP contribution is 2.30. The van der Waals surface area contributed by atoms with Crippen LogP contribution in [0.25, 0.3) is 10.4 Å². The van der Waals surface area contributed by atoms with Crippen LogP contribution in [-0.4, -0.2) is 33.9 Å². The van der Waals surface area contributed by atoms with E-state index in [0.717, 1.165) is 0 Å². The number of carboxylic acid groups (broad SMARTS) is 1. The molecule has 0 saturated heterocycles. The van der Waals surface area contributed by atoms with E-state index in [4.69, 9.17) is 10.6 Å². The van der Waals surface area contributed by atoms with E-state index in [1.807, 2.05) is 0 Å². The summed E-state index contributed by atoms with van der Waals surface area (Å²) in [7, 11) is 0. The van der Waals surface area contributed by atoms with Gasteiger partial charge in [0, 0.05) is 11.5 Å². The van der Waals surface area contributed by atoms with E-state index in [2.05, 4.69) is 10.0 Å². The molecule has 0 bridgehead atoms. The molecule has 0 radical (unpaired) electrons. The molecule has 0 aliphatic heterocycles. The lowest BCUT2D eigenvalue weighted by Gasteiger charge is -2.19. The van der Waals surface area contributed by atoms with Crippen molar-refractivity contribution in [3.05, 3.63) is 44.8 Å². The number of hydrogen-bond donors (Lipinski definition) is 3. The van der Waals surface area contributed by atoms with Crippen LogP contribution in [0.4, 0.5) is 17.6 Å². The number of aliphatic hydroxyl groups excluding tert-OH is 2. The number of aromatic carboxylic acids is 1. The molecule has 0 aliphatic carbocycles. The Labute approximate surface area is 120 Å². The Kier molecular flexibility index (Phi) is 5.69. The summed E-state index contributed by atoms with van der Waals surface area (Å²) in [6.07, 6.45) is -4.74. The fourth-order valence-corrected chi connectivity index (χ4v) is 1.68. The molecule has 22 heavy (non-hydrogen) atoms. The van der Waals surface area contributed by atoms with Crippen molar-refractivity contribution in [3.8, 4) is 0 Å². The molecule has 3 N–H and O–H groups in total. The van der Waals surface area contributed by atoms with E-state index in [-0.39, 0.29) is 6.54 Å². The average Bonchev–Trinajstić information content (AvgIpc) is 2.45. The molecule has 0 amide bonds. The fraction of sp³-hybridized carbons (Fsp3) is 0.364.